The summed E-state index contributed by atoms with van der Waals surface area (Å²) in [6, 6.07) is 1.12. The molecule has 0 radical (unpaired) electrons. The van der Waals surface area contributed by atoms with E-state index in [0.29, 0.717) is 0 Å². The van der Waals surface area contributed by atoms with Crippen LogP contribution in [-0.4, -0.2) is 30.7 Å². The first-order valence-corrected chi connectivity index (χ1v) is 5.12. The smallest absolute Gasteiger partial charge is 0.0924 e. The van der Waals surface area contributed by atoms with Crippen LogP contribution in [0.15, 0.2) is 0 Å². The summed E-state index contributed by atoms with van der Waals surface area (Å²) < 4.78 is 1.48. The summed E-state index contributed by atoms with van der Waals surface area (Å²) in [5, 5.41) is 0. The number of piperidine rings is 2. The molecule has 1 unspecified atom stereocenters. The van der Waals surface area contributed by atoms with E-state index in [4.69, 9.17) is 0 Å². The van der Waals surface area contributed by atoms with Gasteiger partial charge in [0.25, 0.3) is 0 Å². The van der Waals surface area contributed by atoms with E-state index in [2.05, 4.69) is 7.05 Å². The molecule has 0 N–H and O–H groups in total. The van der Waals surface area contributed by atoms with E-state index in [1.165, 1.54) is 28.2 Å². The van der Waals surface area contributed by atoms with Crippen LogP contribution in [0.5, 0.6) is 0 Å². The Morgan fingerprint density at radius 2 is 1.82 bits per heavy atom. The fourth-order valence-corrected chi connectivity index (χ4v) is 5.15. The number of hydrogen-bond acceptors (Lipinski definition) is 0. The molecule has 2 aliphatic heterocycles. The minimum absolute atomic E-state index is 1.12. The molecule has 0 aromatic rings. The molecule has 1 nitrogen and oxygen atoms in total. The molecule has 4 aliphatic rings. The van der Waals surface area contributed by atoms with Crippen molar-refractivity contribution in [1.29, 1.82) is 0 Å². The zero-order valence-electron chi connectivity index (χ0n) is 7.16. The Hall–Kier alpha value is -0.0400. The summed E-state index contributed by atoms with van der Waals surface area (Å²) >= 11 is 0. The maximum Gasteiger partial charge on any atom is 0.0924 e. The zero-order chi connectivity index (χ0) is 7.22. The van der Waals surface area contributed by atoms with Gasteiger partial charge >= 0.3 is 0 Å². The third-order valence-electron chi connectivity index (χ3n) is 5.38. The molecular formula is C10H16N+. The molecule has 60 valence electrons. The van der Waals surface area contributed by atoms with Gasteiger partial charge in [0.15, 0.2) is 0 Å². The second-order valence-corrected chi connectivity index (χ2v) is 5.63. The molecule has 4 rings (SSSR count). The topological polar surface area (TPSA) is 0 Å². The highest BCUT2D eigenvalue weighted by molar-refractivity contribution is 5.09. The third-order valence-corrected chi connectivity index (χ3v) is 5.38. The van der Waals surface area contributed by atoms with Gasteiger partial charge < -0.3 is 4.48 Å². The molecule has 4 bridgehead atoms. The second kappa shape index (κ2) is 1.28. The SMILES string of the molecule is C[N+]12C[C@@H]3[C@H](C1)[C@@H]1C[C@H]3[C@@H]2C1. The van der Waals surface area contributed by atoms with E-state index in [-0.39, 0.29) is 0 Å². The van der Waals surface area contributed by atoms with Gasteiger partial charge in [0.2, 0.25) is 0 Å². The third kappa shape index (κ3) is 0.395. The van der Waals surface area contributed by atoms with Crippen LogP contribution in [0.25, 0.3) is 0 Å². The Labute approximate surface area is 68.0 Å². The van der Waals surface area contributed by atoms with Crippen LogP contribution in [0.3, 0.4) is 0 Å². The summed E-state index contributed by atoms with van der Waals surface area (Å²) in [6.45, 7) is 3.10. The van der Waals surface area contributed by atoms with Gasteiger partial charge in [-0.15, -0.1) is 0 Å². The lowest BCUT2D eigenvalue weighted by molar-refractivity contribution is -0.920. The van der Waals surface area contributed by atoms with E-state index in [1.54, 1.807) is 25.9 Å². The summed E-state index contributed by atoms with van der Waals surface area (Å²) in [7, 11) is 2.51. The fraction of sp³-hybridized carbons (Fsp3) is 1.00. The maximum absolute atomic E-state index is 2.51. The average molecular weight is 150 g/mol. The predicted molar refractivity (Wildman–Crippen MR) is 42.9 cm³/mol. The van der Waals surface area contributed by atoms with Crippen LogP contribution in [0.4, 0.5) is 0 Å². The minimum atomic E-state index is 1.12. The molecular weight excluding hydrogens is 134 g/mol. The standard InChI is InChI=1S/C10H16N/c1-11-4-8-6-2-7(9(8)5-11)10(11)3-6/h6-10H,2-5H2,1H3/q+1/t6-,7-,8-,9+,10+,11?/m1/s1. The van der Waals surface area contributed by atoms with Crippen molar-refractivity contribution in [2.45, 2.75) is 18.9 Å². The monoisotopic (exact) mass is 150 g/mol. The summed E-state index contributed by atoms with van der Waals surface area (Å²) in [5.74, 6) is 4.73. The van der Waals surface area contributed by atoms with Crippen LogP contribution < -0.4 is 0 Å². The molecule has 0 spiro atoms. The van der Waals surface area contributed by atoms with Gasteiger partial charge in [-0.05, 0) is 12.3 Å². The van der Waals surface area contributed by atoms with E-state index in [0.717, 1.165) is 6.04 Å². The lowest BCUT2D eigenvalue weighted by Gasteiger charge is -2.41. The molecule has 2 saturated carbocycles. The zero-order valence-corrected chi connectivity index (χ0v) is 7.16. The van der Waals surface area contributed by atoms with Crippen molar-refractivity contribution in [3.8, 4) is 0 Å². The predicted octanol–water partition coefficient (Wildman–Crippen LogP) is 1.10. The highest BCUT2D eigenvalue weighted by Crippen LogP contribution is 2.65. The molecule has 1 heteroatoms. The highest BCUT2D eigenvalue weighted by atomic mass is 15.4. The lowest BCUT2D eigenvalue weighted by atomic mass is 9.78. The van der Waals surface area contributed by atoms with E-state index in [9.17, 15) is 0 Å². The number of fused-ring (bicyclic) bond motifs is 4. The van der Waals surface area contributed by atoms with Gasteiger partial charge in [0.1, 0.15) is 0 Å². The maximum atomic E-state index is 2.51. The molecule has 4 fully saturated rings. The van der Waals surface area contributed by atoms with E-state index < -0.39 is 0 Å². The Balaban J connectivity index is 1.97. The largest absolute Gasteiger partial charge is 0.323 e. The fourth-order valence-electron chi connectivity index (χ4n) is 5.15. The second-order valence-electron chi connectivity index (χ2n) is 5.63. The van der Waals surface area contributed by atoms with Crippen molar-refractivity contribution in [3.63, 3.8) is 0 Å². The number of hydrogen-bond donors (Lipinski definition) is 0. The molecule has 2 heterocycles. The summed E-state index contributed by atoms with van der Waals surface area (Å²) in [6.07, 6.45) is 3.22. The van der Waals surface area contributed by atoms with Gasteiger partial charge in [-0.3, -0.25) is 0 Å². The van der Waals surface area contributed by atoms with Crippen LogP contribution >= 0.6 is 0 Å². The van der Waals surface area contributed by atoms with Gasteiger partial charge in [-0.2, -0.15) is 0 Å². The molecule has 6 atom stereocenters. The first kappa shape index (κ1) is 5.58. The Morgan fingerprint density at radius 1 is 1.00 bits per heavy atom. The summed E-state index contributed by atoms with van der Waals surface area (Å²) in [5.41, 5.74) is 0. The Bertz CT molecular complexity index is 226. The van der Waals surface area contributed by atoms with Crippen molar-refractivity contribution < 1.29 is 4.48 Å². The van der Waals surface area contributed by atoms with Gasteiger partial charge in [-0.25, -0.2) is 0 Å². The minimum Gasteiger partial charge on any atom is -0.323 e. The van der Waals surface area contributed by atoms with Crippen LogP contribution in [-0.2, 0) is 0 Å². The van der Waals surface area contributed by atoms with Crippen LogP contribution in [0.1, 0.15) is 12.8 Å². The molecule has 0 amide bonds. The Morgan fingerprint density at radius 3 is 2.45 bits per heavy atom. The van der Waals surface area contributed by atoms with Crippen molar-refractivity contribution in [2.75, 3.05) is 20.1 Å². The van der Waals surface area contributed by atoms with Crippen molar-refractivity contribution in [1.82, 2.24) is 0 Å². The summed E-state index contributed by atoms with van der Waals surface area (Å²) in [4.78, 5) is 0. The van der Waals surface area contributed by atoms with Crippen molar-refractivity contribution >= 4 is 0 Å². The first-order valence-electron chi connectivity index (χ1n) is 5.12. The number of nitrogens with zero attached hydrogens (tertiary/aromatic N) is 1. The molecule has 2 saturated heterocycles. The van der Waals surface area contributed by atoms with E-state index in [1.807, 2.05) is 0 Å². The van der Waals surface area contributed by atoms with Crippen molar-refractivity contribution in [3.05, 3.63) is 0 Å². The number of rotatable bonds is 0. The molecule has 2 aliphatic carbocycles. The number of quaternary nitrogens is 1. The van der Waals surface area contributed by atoms with Crippen LogP contribution in [0, 0.1) is 23.7 Å². The van der Waals surface area contributed by atoms with Gasteiger partial charge in [0, 0.05) is 24.2 Å². The highest BCUT2D eigenvalue weighted by Gasteiger charge is 2.71. The lowest BCUT2D eigenvalue weighted by Crippen LogP contribution is -2.53. The van der Waals surface area contributed by atoms with Gasteiger partial charge in [0.05, 0.1) is 26.2 Å². The molecule has 0 aromatic carbocycles. The normalized spacial score (nSPS) is 75.5. The molecule has 11 heavy (non-hydrogen) atoms. The first-order chi connectivity index (χ1) is 5.28. The van der Waals surface area contributed by atoms with E-state index >= 15 is 0 Å². The van der Waals surface area contributed by atoms with Crippen LogP contribution in [0.2, 0.25) is 0 Å². The quantitative estimate of drug-likeness (QED) is 0.454. The molecule has 0 aromatic heterocycles. The average Bonchev–Trinajstić information content (AvgIpc) is 2.52. The van der Waals surface area contributed by atoms with Gasteiger partial charge in [-0.1, -0.05) is 0 Å². The Kier molecular flexibility index (Phi) is 0.651. The van der Waals surface area contributed by atoms with Crippen molar-refractivity contribution in [2.24, 2.45) is 23.7 Å².